The van der Waals surface area contributed by atoms with E-state index in [1.807, 2.05) is 17.0 Å². The molecule has 1 aromatic carbocycles. The molecule has 1 amide bonds. The number of amides is 1. The van der Waals surface area contributed by atoms with E-state index >= 15 is 0 Å². The maximum Gasteiger partial charge on any atom is 0.337 e. The Morgan fingerprint density at radius 1 is 1.47 bits per heavy atom. The molecule has 2 aliphatic rings. The van der Waals surface area contributed by atoms with Gasteiger partial charge in [0.2, 0.25) is 5.91 Å². The van der Waals surface area contributed by atoms with E-state index < -0.39 is 0 Å². The van der Waals surface area contributed by atoms with Gasteiger partial charge in [0.05, 0.1) is 24.1 Å². The minimum Gasteiger partial charge on any atom is -0.465 e. The van der Waals surface area contributed by atoms with Crippen molar-refractivity contribution in [2.75, 3.05) is 24.3 Å². The van der Waals surface area contributed by atoms with Crippen LogP contribution >= 0.6 is 11.8 Å². The largest absolute Gasteiger partial charge is 0.465 e. The minimum absolute atomic E-state index is 0.162. The van der Waals surface area contributed by atoms with Crippen LogP contribution in [0, 0.1) is 5.92 Å². The van der Waals surface area contributed by atoms with Crippen LogP contribution in [0.1, 0.15) is 23.2 Å². The van der Waals surface area contributed by atoms with Crippen molar-refractivity contribution in [3.8, 4) is 0 Å². The van der Waals surface area contributed by atoms with Gasteiger partial charge in [0, 0.05) is 11.4 Å². The summed E-state index contributed by atoms with van der Waals surface area (Å²) in [6.45, 7) is 0.809. The van der Waals surface area contributed by atoms with Crippen LogP contribution in [0.4, 0.5) is 5.69 Å². The smallest absolute Gasteiger partial charge is 0.337 e. The molecule has 0 atom stereocenters. The lowest BCUT2D eigenvalue weighted by Gasteiger charge is -2.29. The zero-order chi connectivity index (χ0) is 13.4. The highest BCUT2D eigenvalue weighted by atomic mass is 32.2. The Balaban J connectivity index is 1.91. The summed E-state index contributed by atoms with van der Waals surface area (Å²) < 4.78 is 4.72. The Kier molecular flexibility index (Phi) is 3.22. The molecule has 3 rings (SSSR count). The van der Waals surface area contributed by atoms with Crippen LogP contribution in [0.2, 0.25) is 0 Å². The second-order valence-electron chi connectivity index (χ2n) is 4.91. The fraction of sp³-hybridized carbons (Fsp3) is 0.429. The predicted molar refractivity (Wildman–Crippen MR) is 73.6 cm³/mol. The molecule has 0 unspecified atom stereocenters. The number of fused-ring (bicyclic) bond motifs is 1. The molecule has 1 fully saturated rings. The van der Waals surface area contributed by atoms with Crippen LogP contribution in [0.15, 0.2) is 23.1 Å². The van der Waals surface area contributed by atoms with Gasteiger partial charge in [-0.1, -0.05) is 0 Å². The number of anilines is 1. The first-order valence-corrected chi connectivity index (χ1v) is 7.33. The molecular weight excluding hydrogens is 262 g/mol. The molecule has 1 heterocycles. The summed E-state index contributed by atoms with van der Waals surface area (Å²) in [6, 6.07) is 5.40. The van der Waals surface area contributed by atoms with Crippen LogP contribution in [0.5, 0.6) is 0 Å². The maximum absolute atomic E-state index is 12.0. The predicted octanol–water partition coefficient (Wildman–Crippen LogP) is 2.32. The number of carbonyl (C=O) groups excluding carboxylic acids is 2. The lowest BCUT2D eigenvalue weighted by molar-refractivity contribution is -0.116. The van der Waals surface area contributed by atoms with Crippen molar-refractivity contribution in [2.24, 2.45) is 5.92 Å². The van der Waals surface area contributed by atoms with E-state index in [0.29, 0.717) is 17.2 Å². The number of carbonyl (C=O) groups is 2. The summed E-state index contributed by atoms with van der Waals surface area (Å²) in [4.78, 5) is 26.4. The van der Waals surface area contributed by atoms with Crippen molar-refractivity contribution in [1.29, 1.82) is 0 Å². The van der Waals surface area contributed by atoms with Crippen LogP contribution < -0.4 is 4.90 Å². The third-order valence-electron chi connectivity index (χ3n) is 3.46. The van der Waals surface area contributed by atoms with Crippen LogP contribution in [0.25, 0.3) is 0 Å². The average Bonchev–Trinajstić information content (AvgIpc) is 3.24. The van der Waals surface area contributed by atoms with Gasteiger partial charge in [-0.2, -0.15) is 0 Å². The third kappa shape index (κ3) is 2.47. The van der Waals surface area contributed by atoms with Gasteiger partial charge in [0.1, 0.15) is 0 Å². The molecule has 0 saturated heterocycles. The number of thioether (sulfide) groups is 1. The van der Waals surface area contributed by atoms with Crippen molar-refractivity contribution in [2.45, 2.75) is 17.7 Å². The second-order valence-corrected chi connectivity index (χ2v) is 5.93. The molecule has 1 aliphatic carbocycles. The summed E-state index contributed by atoms with van der Waals surface area (Å²) in [5.74, 6) is 0.925. The van der Waals surface area contributed by atoms with Crippen LogP contribution in [-0.4, -0.2) is 31.3 Å². The molecule has 0 bridgehead atoms. The molecule has 0 aromatic heterocycles. The van der Waals surface area contributed by atoms with E-state index in [-0.39, 0.29) is 11.9 Å². The SMILES string of the molecule is COC(=O)c1ccc2c(c1)SCC(=O)N2CC1CC1. The van der Waals surface area contributed by atoms with Gasteiger partial charge < -0.3 is 9.64 Å². The molecule has 0 N–H and O–H groups in total. The monoisotopic (exact) mass is 277 g/mol. The molecule has 5 heteroatoms. The molecule has 1 saturated carbocycles. The third-order valence-corrected chi connectivity index (χ3v) is 4.49. The maximum atomic E-state index is 12.0. The topological polar surface area (TPSA) is 46.6 Å². The molecule has 0 spiro atoms. The summed E-state index contributed by atoms with van der Waals surface area (Å²) in [5.41, 5.74) is 1.47. The van der Waals surface area contributed by atoms with Gasteiger partial charge in [0.25, 0.3) is 0 Å². The first-order chi connectivity index (χ1) is 9.19. The number of ether oxygens (including phenoxy) is 1. The molecule has 1 aromatic rings. The Hall–Kier alpha value is -1.49. The highest BCUT2D eigenvalue weighted by Gasteiger charge is 2.31. The quantitative estimate of drug-likeness (QED) is 0.796. The summed E-state index contributed by atoms with van der Waals surface area (Å²) in [5, 5.41) is 0. The Labute approximate surface area is 116 Å². The molecule has 0 radical (unpaired) electrons. The zero-order valence-corrected chi connectivity index (χ0v) is 11.5. The van der Waals surface area contributed by atoms with Crippen molar-refractivity contribution < 1.29 is 14.3 Å². The fourth-order valence-electron chi connectivity index (χ4n) is 2.21. The summed E-state index contributed by atoms with van der Waals surface area (Å²) in [7, 11) is 1.37. The van der Waals surface area contributed by atoms with Crippen molar-refractivity contribution in [1.82, 2.24) is 0 Å². The van der Waals surface area contributed by atoms with Crippen LogP contribution in [0.3, 0.4) is 0 Å². The van der Waals surface area contributed by atoms with Gasteiger partial charge in [-0.25, -0.2) is 4.79 Å². The summed E-state index contributed by atoms with van der Waals surface area (Å²) >= 11 is 1.49. The first-order valence-electron chi connectivity index (χ1n) is 6.34. The Morgan fingerprint density at radius 2 is 2.26 bits per heavy atom. The lowest BCUT2D eigenvalue weighted by atomic mass is 10.2. The van der Waals surface area contributed by atoms with Gasteiger partial charge in [0.15, 0.2) is 0 Å². The van der Waals surface area contributed by atoms with E-state index in [1.165, 1.54) is 31.7 Å². The molecule has 19 heavy (non-hydrogen) atoms. The molecule has 4 nitrogen and oxygen atoms in total. The van der Waals surface area contributed by atoms with Gasteiger partial charge in [-0.05, 0) is 37.0 Å². The molecule has 100 valence electrons. The lowest BCUT2D eigenvalue weighted by Crippen LogP contribution is -2.37. The zero-order valence-electron chi connectivity index (χ0n) is 10.7. The second kappa shape index (κ2) is 4.89. The van der Waals surface area contributed by atoms with Crippen LogP contribution in [-0.2, 0) is 9.53 Å². The van der Waals surface area contributed by atoms with E-state index in [2.05, 4.69) is 0 Å². The van der Waals surface area contributed by atoms with E-state index in [4.69, 9.17) is 4.74 Å². The van der Waals surface area contributed by atoms with Crippen molar-refractivity contribution in [3.63, 3.8) is 0 Å². The number of hydrogen-bond donors (Lipinski definition) is 0. The highest BCUT2D eigenvalue weighted by Crippen LogP contribution is 2.39. The normalized spacial score (nSPS) is 18.2. The van der Waals surface area contributed by atoms with Crippen molar-refractivity contribution in [3.05, 3.63) is 23.8 Å². The number of nitrogens with zero attached hydrogens (tertiary/aromatic N) is 1. The number of methoxy groups -OCH3 is 1. The molecule has 1 aliphatic heterocycles. The van der Waals surface area contributed by atoms with Gasteiger partial charge >= 0.3 is 5.97 Å². The minimum atomic E-state index is -0.339. The molecular formula is C14H15NO3S. The van der Waals surface area contributed by atoms with E-state index in [9.17, 15) is 9.59 Å². The Morgan fingerprint density at radius 3 is 2.95 bits per heavy atom. The standard InChI is InChI=1S/C14H15NO3S/c1-18-14(17)10-4-5-11-12(6-10)19-8-13(16)15(11)7-9-2-3-9/h4-6,9H,2-3,7-8H2,1H3. The number of esters is 1. The number of hydrogen-bond acceptors (Lipinski definition) is 4. The van der Waals surface area contributed by atoms with E-state index in [0.717, 1.165) is 17.1 Å². The number of benzene rings is 1. The van der Waals surface area contributed by atoms with Gasteiger partial charge in [-0.3, -0.25) is 4.79 Å². The van der Waals surface area contributed by atoms with E-state index in [1.54, 1.807) is 6.07 Å². The Bertz CT molecular complexity index is 539. The van der Waals surface area contributed by atoms with Crippen molar-refractivity contribution >= 4 is 29.3 Å². The number of rotatable bonds is 3. The fourth-order valence-corrected chi connectivity index (χ4v) is 3.18. The summed E-state index contributed by atoms with van der Waals surface area (Å²) in [6.07, 6.45) is 2.43. The average molecular weight is 277 g/mol. The highest BCUT2D eigenvalue weighted by molar-refractivity contribution is 8.00. The van der Waals surface area contributed by atoms with Gasteiger partial charge in [-0.15, -0.1) is 11.8 Å². The first kappa shape index (κ1) is 12.5.